The highest BCUT2D eigenvalue weighted by molar-refractivity contribution is 5.82. The second kappa shape index (κ2) is 8.09. The van der Waals surface area contributed by atoms with Crippen LogP contribution < -0.4 is 4.74 Å². The monoisotopic (exact) mass is 364 g/mol. The first-order valence-corrected chi connectivity index (χ1v) is 8.10. The van der Waals surface area contributed by atoms with Crippen LogP contribution in [0.3, 0.4) is 0 Å². The second-order valence-electron chi connectivity index (χ2n) is 5.55. The number of benzene rings is 2. The summed E-state index contributed by atoms with van der Waals surface area (Å²) in [5, 5.41) is 11.2. The van der Waals surface area contributed by atoms with Crippen LogP contribution in [0.5, 0.6) is 5.88 Å². The van der Waals surface area contributed by atoms with Crippen molar-refractivity contribution < 1.29 is 19.2 Å². The van der Waals surface area contributed by atoms with Crippen LogP contribution >= 0.6 is 0 Å². The molecule has 1 aromatic heterocycles. The normalized spacial score (nSPS) is 10.3. The predicted molar refractivity (Wildman–Crippen MR) is 99.3 cm³/mol. The van der Waals surface area contributed by atoms with E-state index >= 15 is 0 Å². The molecule has 0 aliphatic rings. The molecule has 0 N–H and O–H groups in total. The summed E-state index contributed by atoms with van der Waals surface area (Å²) in [5.74, 6) is -0.882. The number of nitrogens with zero attached hydrogens (tertiary/aromatic N) is 2. The van der Waals surface area contributed by atoms with Crippen LogP contribution in [-0.4, -0.2) is 29.6 Å². The lowest BCUT2D eigenvalue weighted by atomic mass is 9.97. The molecule has 0 aliphatic carbocycles. The van der Waals surface area contributed by atoms with Crippen LogP contribution in [0.4, 0.5) is 5.69 Å². The highest BCUT2D eigenvalue weighted by Gasteiger charge is 2.20. The van der Waals surface area contributed by atoms with Gasteiger partial charge in [-0.3, -0.25) is 10.1 Å². The second-order valence-corrected chi connectivity index (χ2v) is 5.55. The van der Waals surface area contributed by atoms with Gasteiger partial charge in [-0.25, -0.2) is 9.78 Å². The van der Waals surface area contributed by atoms with Crippen molar-refractivity contribution in [3.63, 3.8) is 0 Å². The van der Waals surface area contributed by atoms with Crippen LogP contribution in [-0.2, 0) is 9.53 Å². The first kappa shape index (κ1) is 18.1. The molecular formula is C20H16N2O5. The predicted octanol–water partition coefficient (Wildman–Crippen LogP) is 3.88. The standard InChI is InChI=1S/C20H16N2O5/c1-26-19(23)13-27-20-18(22(24)25)12-11-17(21-20)16-10-6-5-9-15(16)14-7-3-2-4-8-14/h2-12H,13H2,1H3. The molecule has 0 amide bonds. The topological polar surface area (TPSA) is 91.6 Å². The Balaban J connectivity index is 2.05. The molecule has 0 saturated carbocycles. The number of pyridine rings is 1. The maximum absolute atomic E-state index is 11.3. The number of hydrogen-bond donors (Lipinski definition) is 0. The van der Waals surface area contributed by atoms with E-state index in [0.29, 0.717) is 5.69 Å². The third-order valence-corrected chi connectivity index (χ3v) is 3.88. The maximum atomic E-state index is 11.3. The molecule has 7 nitrogen and oxygen atoms in total. The summed E-state index contributed by atoms with van der Waals surface area (Å²) in [6.07, 6.45) is 0. The number of methoxy groups -OCH3 is 1. The lowest BCUT2D eigenvalue weighted by Crippen LogP contribution is -2.14. The van der Waals surface area contributed by atoms with E-state index in [0.717, 1.165) is 16.7 Å². The van der Waals surface area contributed by atoms with Crippen molar-refractivity contribution in [2.75, 3.05) is 13.7 Å². The highest BCUT2D eigenvalue weighted by Crippen LogP contribution is 2.34. The number of esters is 1. The minimum absolute atomic E-state index is 0.231. The van der Waals surface area contributed by atoms with Crippen molar-refractivity contribution in [3.8, 4) is 28.3 Å². The van der Waals surface area contributed by atoms with Crippen LogP contribution in [0.25, 0.3) is 22.4 Å². The number of aromatic nitrogens is 1. The highest BCUT2D eigenvalue weighted by atomic mass is 16.6. The Morgan fingerprint density at radius 3 is 2.33 bits per heavy atom. The summed E-state index contributed by atoms with van der Waals surface area (Å²) in [6, 6.07) is 20.2. The van der Waals surface area contributed by atoms with Crippen molar-refractivity contribution in [1.82, 2.24) is 4.98 Å². The smallest absolute Gasteiger partial charge is 0.343 e. The first-order valence-electron chi connectivity index (χ1n) is 8.10. The molecule has 0 fully saturated rings. The summed E-state index contributed by atoms with van der Waals surface area (Å²) < 4.78 is 9.73. The zero-order valence-corrected chi connectivity index (χ0v) is 14.5. The zero-order chi connectivity index (χ0) is 19.2. The van der Waals surface area contributed by atoms with Gasteiger partial charge in [0.1, 0.15) is 0 Å². The van der Waals surface area contributed by atoms with E-state index in [1.165, 1.54) is 13.2 Å². The Bertz CT molecular complexity index is 973. The molecular weight excluding hydrogens is 348 g/mol. The van der Waals surface area contributed by atoms with Gasteiger partial charge in [-0.1, -0.05) is 54.6 Å². The van der Waals surface area contributed by atoms with Crippen molar-refractivity contribution in [2.24, 2.45) is 0 Å². The molecule has 0 spiro atoms. The van der Waals surface area contributed by atoms with Crippen LogP contribution in [0.1, 0.15) is 0 Å². The third-order valence-electron chi connectivity index (χ3n) is 3.88. The Morgan fingerprint density at radius 2 is 1.67 bits per heavy atom. The quantitative estimate of drug-likeness (QED) is 0.374. The molecule has 2 aromatic carbocycles. The van der Waals surface area contributed by atoms with Gasteiger partial charge in [0.2, 0.25) is 0 Å². The van der Waals surface area contributed by atoms with Gasteiger partial charge in [-0.05, 0) is 17.2 Å². The van der Waals surface area contributed by atoms with Crippen molar-refractivity contribution in [1.29, 1.82) is 0 Å². The minimum Gasteiger partial charge on any atom is -0.466 e. The molecule has 0 saturated heterocycles. The number of nitro groups is 1. The van der Waals surface area contributed by atoms with Crippen molar-refractivity contribution in [3.05, 3.63) is 76.8 Å². The van der Waals surface area contributed by atoms with Gasteiger partial charge in [0.05, 0.1) is 17.7 Å². The lowest BCUT2D eigenvalue weighted by Gasteiger charge is -2.11. The Kier molecular flexibility index (Phi) is 5.41. The summed E-state index contributed by atoms with van der Waals surface area (Å²) in [5.41, 5.74) is 2.89. The van der Waals surface area contributed by atoms with Crippen molar-refractivity contribution in [2.45, 2.75) is 0 Å². The van der Waals surface area contributed by atoms with Gasteiger partial charge in [-0.15, -0.1) is 0 Å². The van der Waals surface area contributed by atoms with Crippen LogP contribution in [0.15, 0.2) is 66.7 Å². The van der Waals surface area contributed by atoms with Gasteiger partial charge in [0.15, 0.2) is 6.61 Å². The fourth-order valence-electron chi connectivity index (χ4n) is 2.59. The summed E-state index contributed by atoms with van der Waals surface area (Å²) in [4.78, 5) is 26.2. The largest absolute Gasteiger partial charge is 0.466 e. The average Bonchev–Trinajstić information content (AvgIpc) is 2.72. The molecule has 136 valence electrons. The van der Waals surface area contributed by atoms with E-state index < -0.39 is 17.5 Å². The Morgan fingerprint density at radius 1 is 1.00 bits per heavy atom. The molecule has 0 aliphatic heterocycles. The van der Waals surface area contributed by atoms with E-state index in [9.17, 15) is 14.9 Å². The summed E-state index contributed by atoms with van der Waals surface area (Å²) in [6.45, 7) is -0.464. The number of carbonyl (C=O) groups excluding carboxylic acids is 1. The molecule has 7 heteroatoms. The molecule has 1 heterocycles. The van der Waals surface area contributed by atoms with Gasteiger partial charge in [0, 0.05) is 11.6 Å². The molecule has 0 atom stereocenters. The minimum atomic E-state index is -0.652. The fourth-order valence-corrected chi connectivity index (χ4v) is 2.59. The number of carbonyl (C=O) groups is 1. The van der Waals surface area contributed by atoms with Crippen LogP contribution in [0, 0.1) is 10.1 Å². The van der Waals surface area contributed by atoms with Gasteiger partial charge in [-0.2, -0.15) is 0 Å². The third kappa shape index (κ3) is 4.09. The Hall–Kier alpha value is -3.74. The summed E-state index contributed by atoms with van der Waals surface area (Å²) >= 11 is 0. The van der Waals surface area contributed by atoms with E-state index in [1.807, 2.05) is 54.6 Å². The molecule has 27 heavy (non-hydrogen) atoms. The van der Waals surface area contributed by atoms with E-state index in [-0.39, 0.29) is 11.6 Å². The maximum Gasteiger partial charge on any atom is 0.343 e. The van der Waals surface area contributed by atoms with Gasteiger partial charge >= 0.3 is 11.7 Å². The summed E-state index contributed by atoms with van der Waals surface area (Å²) in [7, 11) is 1.21. The molecule has 0 radical (unpaired) electrons. The molecule has 0 unspecified atom stereocenters. The zero-order valence-electron chi connectivity index (χ0n) is 14.5. The molecule has 3 aromatic rings. The molecule has 3 rings (SSSR count). The van der Waals surface area contributed by atoms with Crippen molar-refractivity contribution >= 4 is 11.7 Å². The first-order chi connectivity index (χ1) is 13.1. The van der Waals surface area contributed by atoms with Gasteiger partial charge < -0.3 is 9.47 Å². The number of hydrogen-bond acceptors (Lipinski definition) is 6. The van der Waals surface area contributed by atoms with E-state index in [2.05, 4.69) is 9.72 Å². The van der Waals surface area contributed by atoms with E-state index in [4.69, 9.17) is 4.74 Å². The average molecular weight is 364 g/mol. The number of rotatable bonds is 6. The lowest BCUT2D eigenvalue weighted by molar-refractivity contribution is -0.386. The van der Waals surface area contributed by atoms with Gasteiger partial charge in [0.25, 0.3) is 5.88 Å². The van der Waals surface area contributed by atoms with Crippen LogP contribution in [0.2, 0.25) is 0 Å². The Labute approximate surface area is 155 Å². The van der Waals surface area contributed by atoms with E-state index in [1.54, 1.807) is 6.07 Å². The molecule has 0 bridgehead atoms. The number of ether oxygens (including phenoxy) is 2. The fraction of sp³-hybridized carbons (Fsp3) is 0.100. The SMILES string of the molecule is COC(=O)COc1nc(-c2ccccc2-c2ccccc2)ccc1[N+](=O)[O-].